The molecule has 0 heterocycles. The highest BCUT2D eigenvalue weighted by Crippen LogP contribution is 2.19. The number of hydrogen-bond donors (Lipinski definition) is 0. The van der Waals surface area contributed by atoms with Crippen LogP contribution >= 0.6 is 0 Å². The second kappa shape index (κ2) is 26.7. The lowest BCUT2D eigenvalue weighted by atomic mass is 10.1. The first kappa shape index (κ1) is 47.3. The lowest BCUT2D eigenvalue weighted by molar-refractivity contribution is -0.138. The molecule has 0 aliphatic heterocycles. The molecule has 4 rings (SSSR count). The molecule has 0 saturated carbocycles. The van der Waals surface area contributed by atoms with E-state index in [0.29, 0.717) is 75.1 Å². The topological polar surface area (TPSA) is 148 Å². The highest BCUT2D eigenvalue weighted by Gasteiger charge is 2.08. The molecule has 322 valence electrons. The van der Waals surface area contributed by atoms with Gasteiger partial charge in [-0.2, -0.15) is 10.2 Å². The molecule has 4 aromatic carbocycles. The highest BCUT2D eigenvalue weighted by molar-refractivity contribution is 6.03. The monoisotopic (exact) mass is 840 g/mol. The first-order chi connectivity index (χ1) is 30.2. The van der Waals surface area contributed by atoms with Gasteiger partial charge in [0.2, 0.25) is 0 Å². The normalized spacial score (nSPS) is 11.5. The summed E-state index contributed by atoms with van der Waals surface area (Å²) in [6, 6.07) is 28.8. The van der Waals surface area contributed by atoms with Crippen molar-refractivity contribution in [2.24, 2.45) is 10.2 Å². The van der Waals surface area contributed by atoms with Gasteiger partial charge in [0.05, 0.1) is 37.9 Å². The second-order valence-corrected chi connectivity index (χ2v) is 13.4. The Morgan fingerprint density at radius 2 is 0.806 bits per heavy atom. The van der Waals surface area contributed by atoms with E-state index in [-0.39, 0.29) is 0 Å². The van der Waals surface area contributed by atoms with Crippen LogP contribution in [0.4, 0.5) is 0 Å². The lowest BCUT2D eigenvalue weighted by Crippen LogP contribution is -2.05. The van der Waals surface area contributed by atoms with E-state index in [2.05, 4.69) is 23.4 Å². The maximum Gasteiger partial charge on any atom is 0.336 e. The Morgan fingerprint density at radius 1 is 0.468 bits per heavy atom. The van der Waals surface area contributed by atoms with Crippen LogP contribution in [0.25, 0.3) is 12.2 Å². The average molecular weight is 841 g/mol. The first-order valence-corrected chi connectivity index (χ1v) is 20.4. The summed E-state index contributed by atoms with van der Waals surface area (Å²) in [4.78, 5) is 47.2. The molecule has 0 spiro atoms. The number of nitrogens with zero attached hydrogens (tertiary/aromatic N) is 2. The van der Waals surface area contributed by atoms with E-state index >= 15 is 0 Å². The van der Waals surface area contributed by atoms with E-state index in [4.69, 9.17) is 28.4 Å². The minimum Gasteiger partial charge on any atom is -0.494 e. The zero-order valence-electron chi connectivity index (χ0n) is 35.2. The summed E-state index contributed by atoms with van der Waals surface area (Å²) in [5.41, 5.74) is 4.83. The number of rotatable bonds is 25. The van der Waals surface area contributed by atoms with Crippen molar-refractivity contribution >= 4 is 47.5 Å². The van der Waals surface area contributed by atoms with Gasteiger partial charge in [-0.3, -0.25) is 0 Å². The van der Waals surface area contributed by atoms with E-state index in [1.807, 2.05) is 86.6 Å². The van der Waals surface area contributed by atoms with Crippen molar-refractivity contribution in [1.29, 1.82) is 0 Å². The fourth-order valence-corrected chi connectivity index (χ4v) is 5.45. The van der Waals surface area contributed by atoms with Gasteiger partial charge in [0.1, 0.15) is 23.0 Å². The molecule has 0 aliphatic carbocycles. The Balaban J connectivity index is 1.21. The zero-order valence-corrected chi connectivity index (χ0v) is 35.2. The van der Waals surface area contributed by atoms with Crippen molar-refractivity contribution in [1.82, 2.24) is 0 Å². The number of carbonyl (C=O) groups excluding carboxylic acids is 4. The largest absolute Gasteiger partial charge is 0.494 e. The third kappa shape index (κ3) is 17.5. The molecular weight excluding hydrogens is 789 g/mol. The third-order valence-corrected chi connectivity index (χ3v) is 8.79. The Bertz CT molecular complexity index is 2040. The zero-order chi connectivity index (χ0) is 44.4. The van der Waals surface area contributed by atoms with Crippen LogP contribution in [-0.4, -0.2) is 61.7 Å². The molecule has 4 aromatic rings. The number of ether oxygens (including phenoxy) is 6. The summed E-state index contributed by atoms with van der Waals surface area (Å²) >= 11 is 0. The van der Waals surface area contributed by atoms with Gasteiger partial charge in [0, 0.05) is 24.3 Å². The third-order valence-electron chi connectivity index (χ3n) is 8.79. The van der Waals surface area contributed by atoms with E-state index in [1.165, 1.54) is 12.2 Å². The molecule has 0 atom stereocenters. The van der Waals surface area contributed by atoms with Crippen molar-refractivity contribution in [2.75, 3.05) is 26.4 Å². The molecule has 0 aromatic heterocycles. The van der Waals surface area contributed by atoms with E-state index in [9.17, 15) is 19.2 Å². The smallest absolute Gasteiger partial charge is 0.336 e. The van der Waals surface area contributed by atoms with Gasteiger partial charge in [-0.05, 0) is 146 Å². The number of hydrogen-bond acceptors (Lipinski definition) is 12. The van der Waals surface area contributed by atoms with E-state index in [0.717, 1.165) is 58.7 Å². The van der Waals surface area contributed by atoms with Gasteiger partial charge in [0.25, 0.3) is 0 Å². The van der Waals surface area contributed by atoms with E-state index < -0.39 is 23.9 Å². The molecule has 0 amide bonds. The Hall–Kier alpha value is -7.34. The van der Waals surface area contributed by atoms with Gasteiger partial charge < -0.3 is 28.4 Å². The van der Waals surface area contributed by atoms with Gasteiger partial charge in [-0.15, -0.1) is 0 Å². The molecule has 0 saturated heterocycles. The number of esters is 4. The molecule has 0 N–H and O–H groups in total. The lowest BCUT2D eigenvalue weighted by Gasteiger charge is -2.07. The molecule has 0 radical (unpaired) electrons. The van der Waals surface area contributed by atoms with Crippen molar-refractivity contribution in [3.8, 4) is 23.0 Å². The van der Waals surface area contributed by atoms with Crippen molar-refractivity contribution in [2.45, 2.75) is 52.4 Å². The fraction of sp³-hybridized carbons (Fsp3) is 0.240. The Morgan fingerprint density at radius 3 is 1.15 bits per heavy atom. The predicted molar refractivity (Wildman–Crippen MR) is 241 cm³/mol. The summed E-state index contributed by atoms with van der Waals surface area (Å²) in [5, 5.41) is 9.11. The van der Waals surface area contributed by atoms with Crippen LogP contribution in [0.3, 0.4) is 0 Å². The van der Waals surface area contributed by atoms with Gasteiger partial charge in [0.15, 0.2) is 0 Å². The van der Waals surface area contributed by atoms with Crippen LogP contribution in [0.2, 0.25) is 0 Å². The number of carbonyl (C=O) groups is 4. The molecule has 0 fully saturated rings. The quantitative estimate of drug-likeness (QED) is 0.0158. The van der Waals surface area contributed by atoms with Gasteiger partial charge in [-0.1, -0.05) is 51.3 Å². The average Bonchev–Trinajstić information content (AvgIpc) is 3.30. The van der Waals surface area contributed by atoms with Gasteiger partial charge in [-0.25, -0.2) is 19.2 Å². The second-order valence-electron chi connectivity index (χ2n) is 13.4. The fourth-order valence-electron chi connectivity index (χ4n) is 5.45. The molecule has 62 heavy (non-hydrogen) atoms. The van der Waals surface area contributed by atoms with E-state index in [1.54, 1.807) is 36.4 Å². The molecule has 12 heteroatoms. The van der Waals surface area contributed by atoms with Crippen LogP contribution in [0, 0.1) is 0 Å². The molecule has 0 bridgehead atoms. The maximum absolute atomic E-state index is 12.5. The molecule has 0 aliphatic rings. The summed E-state index contributed by atoms with van der Waals surface area (Å²) in [5.74, 6) is 0.286. The van der Waals surface area contributed by atoms with Crippen LogP contribution in [0.1, 0.15) is 74.6 Å². The standard InChI is InChI=1S/C50H52N2O10/c1-5-45(39-19-27-43(28-20-39)61-49(55)31-17-37-13-23-41(24-14-37)57-33-9-11-35-59-47(53)7-3)51-52-46(6-2)40-21-29-44(30-22-40)62-50(56)32-18-38-15-25-42(26-16-38)58-34-10-12-36-60-48(54)8-4/h7-8,13-32H,3-6,9-12,33-36H2,1-2H3. The maximum atomic E-state index is 12.5. The Kier molecular flexibility index (Phi) is 20.4. The molecular formula is C50H52N2O10. The van der Waals surface area contributed by atoms with Crippen LogP contribution in [0.15, 0.2) is 145 Å². The summed E-state index contributed by atoms with van der Waals surface area (Å²) < 4.78 is 32.3. The highest BCUT2D eigenvalue weighted by atomic mass is 16.5. The van der Waals surface area contributed by atoms with Gasteiger partial charge >= 0.3 is 23.9 Å². The summed E-state index contributed by atoms with van der Waals surface area (Å²) in [7, 11) is 0. The molecule has 12 nitrogen and oxygen atoms in total. The predicted octanol–water partition coefficient (Wildman–Crippen LogP) is 9.71. The number of unbranched alkanes of at least 4 members (excludes halogenated alkanes) is 2. The van der Waals surface area contributed by atoms with Crippen molar-refractivity contribution in [3.05, 3.63) is 157 Å². The van der Waals surface area contributed by atoms with Crippen LogP contribution < -0.4 is 18.9 Å². The minimum absolute atomic E-state index is 0.323. The van der Waals surface area contributed by atoms with Crippen molar-refractivity contribution in [3.63, 3.8) is 0 Å². The van der Waals surface area contributed by atoms with Crippen molar-refractivity contribution < 1.29 is 47.6 Å². The first-order valence-electron chi connectivity index (χ1n) is 20.4. The number of benzene rings is 4. The Labute approximate surface area is 362 Å². The SMILES string of the molecule is C=CC(=O)OCCCCOc1ccc(C=CC(=O)Oc2ccc(C(CC)=NN=C(CC)c3ccc(OC(=O)C=Cc4ccc(OCCCCOC(=O)C=C)cc4)cc3)cc2)cc1. The summed E-state index contributed by atoms with van der Waals surface area (Å²) in [6.45, 7) is 12.3. The minimum atomic E-state index is -0.515. The summed E-state index contributed by atoms with van der Waals surface area (Å²) in [6.07, 6.45) is 12.4. The molecule has 0 unspecified atom stereocenters. The van der Waals surface area contributed by atoms with Crippen LogP contribution in [0.5, 0.6) is 23.0 Å². The van der Waals surface area contributed by atoms with Crippen LogP contribution in [-0.2, 0) is 28.7 Å².